The zero-order chi connectivity index (χ0) is 20.0. The largest absolute Gasteiger partial charge is 0.375 e. The normalized spacial score (nSPS) is 12.8. The number of nitrogens with one attached hydrogen (secondary N) is 2. The third kappa shape index (κ3) is 5.77. The molecule has 1 amide bonds. The quantitative estimate of drug-likeness (QED) is 0.696. The van der Waals surface area contributed by atoms with Crippen LogP contribution in [0, 0.1) is 5.92 Å². The molecule has 0 aliphatic heterocycles. The summed E-state index contributed by atoms with van der Waals surface area (Å²) in [6.45, 7) is 3.60. The molecule has 1 atom stereocenters. The summed E-state index contributed by atoms with van der Waals surface area (Å²) >= 11 is 6.15. The summed E-state index contributed by atoms with van der Waals surface area (Å²) in [6.07, 6.45) is -0.516. The van der Waals surface area contributed by atoms with Gasteiger partial charge in [0.1, 0.15) is 0 Å². The Morgan fingerprint density at radius 2 is 1.74 bits per heavy atom. The van der Waals surface area contributed by atoms with E-state index in [1.807, 2.05) is 6.07 Å². The van der Waals surface area contributed by atoms with Crippen LogP contribution in [0.25, 0.3) is 0 Å². The maximum atomic E-state index is 12.5. The number of rotatable bonds is 8. The summed E-state index contributed by atoms with van der Waals surface area (Å²) in [4.78, 5) is 11.8. The number of amides is 1. The van der Waals surface area contributed by atoms with Crippen molar-refractivity contribution in [1.82, 2.24) is 4.72 Å². The molecule has 0 aromatic heterocycles. The number of carbonyl (C=O) groups is 1. The molecule has 0 aliphatic carbocycles. The van der Waals surface area contributed by atoms with Gasteiger partial charge in [-0.3, -0.25) is 4.79 Å². The second-order valence-electron chi connectivity index (χ2n) is 6.27. The van der Waals surface area contributed by atoms with Crippen LogP contribution in [-0.4, -0.2) is 28.0 Å². The van der Waals surface area contributed by atoms with Crippen molar-refractivity contribution in [2.24, 2.45) is 5.92 Å². The number of benzene rings is 2. The molecule has 8 heteroatoms. The lowest BCUT2D eigenvalue weighted by Crippen LogP contribution is -2.29. The summed E-state index contributed by atoms with van der Waals surface area (Å²) in [5.74, 6) is -0.294. The Kier molecular flexibility index (Phi) is 7.38. The van der Waals surface area contributed by atoms with Gasteiger partial charge in [0.25, 0.3) is 0 Å². The Morgan fingerprint density at radius 1 is 1.11 bits per heavy atom. The number of methoxy groups -OCH3 is 1. The molecule has 0 saturated heterocycles. The van der Waals surface area contributed by atoms with Crippen LogP contribution < -0.4 is 10.0 Å². The molecule has 2 aromatic carbocycles. The van der Waals surface area contributed by atoms with E-state index in [4.69, 9.17) is 16.3 Å². The lowest BCUT2D eigenvalue weighted by atomic mass is 10.1. The first-order valence-corrected chi connectivity index (χ1v) is 10.3. The Hall–Kier alpha value is -1.93. The highest BCUT2D eigenvalue weighted by Crippen LogP contribution is 2.25. The molecular formula is C19H23ClN2O4S. The first-order valence-electron chi connectivity index (χ1n) is 8.42. The van der Waals surface area contributed by atoms with Crippen molar-refractivity contribution in [3.63, 3.8) is 0 Å². The van der Waals surface area contributed by atoms with Crippen molar-refractivity contribution in [2.45, 2.75) is 24.8 Å². The molecule has 0 aliphatic rings. The Labute approximate surface area is 164 Å². The molecule has 2 N–H and O–H groups in total. The molecule has 2 aromatic rings. The van der Waals surface area contributed by atoms with Gasteiger partial charge in [0.15, 0.2) is 0 Å². The van der Waals surface area contributed by atoms with Gasteiger partial charge in [-0.2, -0.15) is 0 Å². The molecule has 0 spiro atoms. The van der Waals surface area contributed by atoms with Gasteiger partial charge < -0.3 is 10.1 Å². The van der Waals surface area contributed by atoms with Crippen LogP contribution in [0.3, 0.4) is 0 Å². The smallest absolute Gasteiger partial charge is 0.240 e. The van der Waals surface area contributed by atoms with Crippen LogP contribution in [0.2, 0.25) is 5.02 Å². The zero-order valence-electron chi connectivity index (χ0n) is 15.4. The second kappa shape index (κ2) is 9.32. The van der Waals surface area contributed by atoms with Gasteiger partial charge >= 0.3 is 0 Å². The third-order valence-corrected chi connectivity index (χ3v) is 5.74. The van der Waals surface area contributed by atoms with Crippen LogP contribution >= 0.6 is 11.6 Å². The minimum atomic E-state index is -3.73. The van der Waals surface area contributed by atoms with Crippen LogP contribution in [0.15, 0.2) is 53.4 Å². The van der Waals surface area contributed by atoms with Crippen LogP contribution in [0.5, 0.6) is 0 Å². The second-order valence-corrected chi connectivity index (χ2v) is 8.44. The summed E-state index contributed by atoms with van der Waals surface area (Å²) in [6, 6.07) is 13.1. The van der Waals surface area contributed by atoms with Crippen LogP contribution in [0.4, 0.5) is 5.69 Å². The monoisotopic (exact) mass is 410 g/mol. The van der Waals surface area contributed by atoms with Gasteiger partial charge in [-0.1, -0.05) is 43.6 Å². The summed E-state index contributed by atoms with van der Waals surface area (Å²) in [5.41, 5.74) is 1.24. The number of carbonyl (C=O) groups excluding carboxylic acids is 1. The SMILES string of the molecule is COC(CNS(=O)(=O)c1ccc(NC(=O)C(C)C)cc1)c1ccccc1Cl. The van der Waals surface area contributed by atoms with Crippen molar-refractivity contribution in [3.8, 4) is 0 Å². The number of hydrogen-bond donors (Lipinski definition) is 2. The molecule has 0 heterocycles. The van der Waals surface area contributed by atoms with E-state index < -0.39 is 16.1 Å². The maximum Gasteiger partial charge on any atom is 0.240 e. The van der Waals surface area contributed by atoms with Gasteiger partial charge in [0.05, 0.1) is 11.0 Å². The van der Waals surface area contributed by atoms with Crippen molar-refractivity contribution >= 4 is 33.2 Å². The first-order chi connectivity index (χ1) is 12.7. The lowest BCUT2D eigenvalue weighted by molar-refractivity contribution is -0.118. The van der Waals surface area contributed by atoms with E-state index in [1.165, 1.54) is 19.2 Å². The fourth-order valence-electron chi connectivity index (χ4n) is 2.33. The predicted octanol–water partition coefficient (Wildman–Crippen LogP) is 3.60. The highest BCUT2D eigenvalue weighted by atomic mass is 35.5. The summed E-state index contributed by atoms with van der Waals surface area (Å²) in [5, 5.41) is 3.23. The van der Waals surface area contributed by atoms with Gasteiger partial charge in [0.2, 0.25) is 15.9 Å². The standard InChI is InChI=1S/C19H23ClN2O4S/c1-13(2)19(23)22-14-8-10-15(11-9-14)27(24,25)21-12-18(26-3)16-6-4-5-7-17(16)20/h4-11,13,18,21H,12H2,1-3H3,(H,22,23). The molecule has 6 nitrogen and oxygen atoms in total. The minimum absolute atomic E-state index is 0.0361. The van der Waals surface area contributed by atoms with Gasteiger partial charge in [-0.15, -0.1) is 0 Å². The van der Waals surface area contributed by atoms with Crippen molar-refractivity contribution in [1.29, 1.82) is 0 Å². The van der Waals surface area contributed by atoms with E-state index in [2.05, 4.69) is 10.0 Å². The third-order valence-electron chi connectivity index (χ3n) is 3.95. The van der Waals surface area contributed by atoms with Crippen molar-refractivity contribution in [3.05, 3.63) is 59.1 Å². The van der Waals surface area contributed by atoms with E-state index in [-0.39, 0.29) is 23.3 Å². The maximum absolute atomic E-state index is 12.5. The molecule has 27 heavy (non-hydrogen) atoms. The number of sulfonamides is 1. The number of anilines is 1. The lowest BCUT2D eigenvalue weighted by Gasteiger charge is -2.18. The Bertz CT molecular complexity index is 883. The highest BCUT2D eigenvalue weighted by molar-refractivity contribution is 7.89. The van der Waals surface area contributed by atoms with Crippen molar-refractivity contribution < 1.29 is 17.9 Å². The summed E-state index contributed by atoms with van der Waals surface area (Å²) < 4.78 is 33.0. The number of ether oxygens (including phenoxy) is 1. The van der Waals surface area contributed by atoms with Crippen LogP contribution in [-0.2, 0) is 19.6 Å². The Morgan fingerprint density at radius 3 is 2.30 bits per heavy atom. The minimum Gasteiger partial charge on any atom is -0.375 e. The summed E-state index contributed by atoms with van der Waals surface area (Å²) in [7, 11) is -2.24. The first kappa shape index (κ1) is 21.4. The average Bonchev–Trinajstić information content (AvgIpc) is 2.64. The molecule has 0 saturated carbocycles. The predicted molar refractivity (Wildman–Crippen MR) is 106 cm³/mol. The topological polar surface area (TPSA) is 84.5 Å². The Balaban J connectivity index is 2.07. The number of halogens is 1. The zero-order valence-corrected chi connectivity index (χ0v) is 17.0. The van der Waals surface area contributed by atoms with Gasteiger partial charge in [-0.05, 0) is 30.3 Å². The molecule has 0 fully saturated rings. The van der Waals surface area contributed by atoms with E-state index in [0.29, 0.717) is 16.3 Å². The van der Waals surface area contributed by atoms with E-state index in [1.54, 1.807) is 44.2 Å². The van der Waals surface area contributed by atoms with Gasteiger partial charge in [-0.25, -0.2) is 13.1 Å². The molecular weight excluding hydrogens is 388 g/mol. The fourth-order valence-corrected chi connectivity index (χ4v) is 3.62. The molecule has 1 unspecified atom stereocenters. The molecule has 0 bridgehead atoms. The number of hydrogen-bond acceptors (Lipinski definition) is 4. The average molecular weight is 411 g/mol. The molecule has 146 valence electrons. The van der Waals surface area contributed by atoms with E-state index in [0.717, 1.165) is 0 Å². The highest BCUT2D eigenvalue weighted by Gasteiger charge is 2.19. The van der Waals surface area contributed by atoms with Gasteiger partial charge in [0, 0.05) is 35.8 Å². The van der Waals surface area contributed by atoms with Crippen LogP contribution in [0.1, 0.15) is 25.5 Å². The van der Waals surface area contributed by atoms with E-state index in [9.17, 15) is 13.2 Å². The molecule has 0 radical (unpaired) electrons. The molecule has 2 rings (SSSR count). The van der Waals surface area contributed by atoms with Crippen molar-refractivity contribution in [2.75, 3.05) is 19.0 Å². The fraction of sp³-hybridized carbons (Fsp3) is 0.316. The van der Waals surface area contributed by atoms with E-state index >= 15 is 0 Å².